The summed E-state index contributed by atoms with van der Waals surface area (Å²) in [6, 6.07) is 8.12. The number of halogens is 3. The van der Waals surface area contributed by atoms with Gasteiger partial charge in [-0.1, -0.05) is 12.1 Å². The monoisotopic (exact) mass is 553 g/mol. The number of rotatable bonds is 4. The average Bonchev–Trinajstić information content (AvgIpc) is 3.25. The molecule has 3 aromatic rings. The number of methoxy groups -OCH3 is 1. The van der Waals surface area contributed by atoms with Gasteiger partial charge in [-0.15, -0.1) is 0 Å². The minimum Gasteiger partial charge on any atom is -0.491 e. The Morgan fingerprint density at radius 2 is 1.77 bits per heavy atom. The van der Waals surface area contributed by atoms with Crippen LogP contribution < -0.4 is 26.1 Å². The summed E-state index contributed by atoms with van der Waals surface area (Å²) >= 11 is 0. The van der Waals surface area contributed by atoms with E-state index in [-0.39, 0.29) is 23.0 Å². The summed E-state index contributed by atoms with van der Waals surface area (Å²) in [5, 5.41) is 9.51. The Labute approximate surface area is 226 Å². The second-order valence-corrected chi connectivity index (χ2v) is 10.3. The van der Waals surface area contributed by atoms with E-state index < -0.39 is 58.5 Å². The third kappa shape index (κ3) is 3.89. The molecule has 9 nitrogen and oxygen atoms in total. The van der Waals surface area contributed by atoms with Crippen LogP contribution in [0.25, 0.3) is 0 Å². The van der Waals surface area contributed by atoms with Crippen LogP contribution in [0.2, 0.25) is 0 Å². The lowest BCUT2D eigenvalue weighted by Gasteiger charge is -2.44. The van der Waals surface area contributed by atoms with Crippen LogP contribution in [-0.2, 0) is 6.54 Å². The van der Waals surface area contributed by atoms with E-state index in [2.05, 4.69) is 16.0 Å². The van der Waals surface area contributed by atoms with E-state index in [1.807, 2.05) is 31.2 Å². The van der Waals surface area contributed by atoms with E-state index in [1.54, 1.807) is 9.47 Å². The number of aromatic nitrogens is 1. The second-order valence-electron chi connectivity index (χ2n) is 10.3. The molecular weight excluding hydrogens is 527 g/mol. The Morgan fingerprint density at radius 1 is 1.12 bits per heavy atom. The molecule has 0 unspecified atom stereocenters. The second kappa shape index (κ2) is 9.32. The van der Waals surface area contributed by atoms with Gasteiger partial charge in [0.05, 0.1) is 24.5 Å². The van der Waals surface area contributed by atoms with Crippen LogP contribution in [0.1, 0.15) is 52.2 Å². The first-order valence-electron chi connectivity index (χ1n) is 12.8. The lowest BCUT2D eigenvalue weighted by molar-refractivity contribution is 0.0589. The summed E-state index contributed by atoms with van der Waals surface area (Å²) in [6.07, 6.45) is 2.59. The van der Waals surface area contributed by atoms with Crippen molar-refractivity contribution >= 4 is 23.2 Å². The lowest BCUT2D eigenvalue weighted by atomic mass is 9.93. The number of amides is 2. The lowest BCUT2D eigenvalue weighted by Crippen LogP contribution is -2.56. The Bertz CT molecular complexity index is 1580. The van der Waals surface area contributed by atoms with E-state index in [4.69, 9.17) is 4.74 Å². The summed E-state index contributed by atoms with van der Waals surface area (Å²) < 4.78 is 48.6. The molecule has 3 aliphatic rings. The molecule has 2 bridgehead atoms. The van der Waals surface area contributed by atoms with Gasteiger partial charge < -0.3 is 30.2 Å². The van der Waals surface area contributed by atoms with Crippen molar-refractivity contribution in [2.75, 3.05) is 24.3 Å². The van der Waals surface area contributed by atoms with Gasteiger partial charge in [-0.2, -0.15) is 0 Å². The molecule has 3 N–H and O–H groups in total. The van der Waals surface area contributed by atoms with Gasteiger partial charge in [-0.05, 0) is 31.9 Å². The quantitative estimate of drug-likeness (QED) is 0.456. The van der Waals surface area contributed by atoms with Crippen molar-refractivity contribution < 1.29 is 27.5 Å². The molecule has 2 atom stereocenters. The molecule has 0 radical (unpaired) electrons. The predicted molar refractivity (Wildman–Crippen MR) is 140 cm³/mol. The fourth-order valence-corrected chi connectivity index (χ4v) is 5.95. The first-order valence-corrected chi connectivity index (χ1v) is 12.8. The Balaban J connectivity index is 1.44. The minimum absolute atomic E-state index is 0.0172. The number of carbonyl (C=O) groups is 2. The molecule has 1 saturated heterocycles. The number of para-hydroxylation sites is 2. The van der Waals surface area contributed by atoms with E-state index in [0.717, 1.165) is 11.4 Å². The van der Waals surface area contributed by atoms with Crippen LogP contribution in [0.4, 0.5) is 24.5 Å². The molecule has 1 aromatic heterocycles. The summed E-state index contributed by atoms with van der Waals surface area (Å²) in [5.41, 5.74) is -0.726. The molecule has 3 aliphatic heterocycles. The standard InChI is InChI=1S/C28H26F3N5O4/c1-14-7-8-28(33-20-5-3-4-6-21(20)34-28)22-13-35(14)27(39)23-25(40-2)24(37)17(12-36(22)23)26(38)32-11-16-18(30)9-15(29)10-19(16)31/h3-6,9-10,12,14,22,33-34H,7-8,11,13H2,1-2H3,(H,32,38)/t14-,22+/m0/s1. The first-order chi connectivity index (χ1) is 19.1. The molecule has 4 heterocycles. The molecule has 12 heteroatoms. The van der Waals surface area contributed by atoms with E-state index in [1.165, 1.54) is 13.3 Å². The highest BCUT2D eigenvalue weighted by Gasteiger charge is 2.52. The number of benzene rings is 2. The molecule has 1 fully saturated rings. The van der Waals surface area contributed by atoms with Crippen molar-refractivity contribution in [1.82, 2.24) is 14.8 Å². The van der Waals surface area contributed by atoms with Crippen molar-refractivity contribution in [1.29, 1.82) is 0 Å². The van der Waals surface area contributed by atoms with Gasteiger partial charge in [-0.25, -0.2) is 13.2 Å². The topological polar surface area (TPSA) is 105 Å². The van der Waals surface area contributed by atoms with E-state index in [0.29, 0.717) is 31.5 Å². The molecule has 0 saturated carbocycles. The molecule has 208 valence electrons. The molecule has 1 spiro atoms. The number of hydrogen-bond acceptors (Lipinski definition) is 6. The maximum atomic E-state index is 14.1. The summed E-state index contributed by atoms with van der Waals surface area (Å²) in [6.45, 7) is 1.61. The Morgan fingerprint density at radius 3 is 2.40 bits per heavy atom. The summed E-state index contributed by atoms with van der Waals surface area (Å²) in [5.74, 6) is -5.06. The third-order valence-electron chi connectivity index (χ3n) is 8.04. The van der Waals surface area contributed by atoms with Crippen LogP contribution in [0, 0.1) is 17.5 Å². The fraction of sp³-hybridized carbons (Fsp3) is 0.321. The van der Waals surface area contributed by atoms with E-state index in [9.17, 15) is 27.6 Å². The van der Waals surface area contributed by atoms with Gasteiger partial charge in [0.1, 0.15) is 28.7 Å². The van der Waals surface area contributed by atoms with Crippen LogP contribution in [-0.4, -0.2) is 46.6 Å². The number of hydrogen-bond donors (Lipinski definition) is 3. The van der Waals surface area contributed by atoms with Gasteiger partial charge >= 0.3 is 0 Å². The minimum atomic E-state index is -1.17. The number of pyridine rings is 1. The summed E-state index contributed by atoms with van der Waals surface area (Å²) in [7, 11) is 1.24. The smallest absolute Gasteiger partial charge is 0.274 e. The van der Waals surface area contributed by atoms with Crippen molar-refractivity contribution in [2.24, 2.45) is 0 Å². The zero-order valence-electron chi connectivity index (χ0n) is 21.7. The van der Waals surface area contributed by atoms with Gasteiger partial charge in [0.25, 0.3) is 11.8 Å². The first kappa shape index (κ1) is 25.8. The highest BCUT2D eigenvalue weighted by atomic mass is 19.1. The number of carbonyl (C=O) groups excluding carboxylic acids is 2. The van der Waals surface area contributed by atoms with Crippen LogP contribution in [0.15, 0.2) is 47.4 Å². The highest BCUT2D eigenvalue weighted by molar-refractivity contribution is 5.99. The number of fused-ring (bicyclic) bond motifs is 6. The SMILES string of the molecule is COc1c2n(cc(C(=O)NCc3c(F)cc(F)cc3F)c1=O)[C@@H]1CN(C2=O)[C@@H](C)CCC12Nc1ccccc1N2. The zero-order chi connectivity index (χ0) is 28.3. The highest BCUT2D eigenvalue weighted by Crippen LogP contribution is 2.47. The molecule has 0 aliphatic carbocycles. The number of anilines is 2. The van der Waals surface area contributed by atoms with Gasteiger partial charge in [0.15, 0.2) is 11.4 Å². The van der Waals surface area contributed by atoms with Crippen LogP contribution >= 0.6 is 0 Å². The van der Waals surface area contributed by atoms with Crippen LogP contribution in [0.5, 0.6) is 5.75 Å². The average molecular weight is 554 g/mol. The van der Waals surface area contributed by atoms with Crippen LogP contribution in [0.3, 0.4) is 0 Å². The molecule has 2 aromatic carbocycles. The maximum Gasteiger partial charge on any atom is 0.274 e. The third-order valence-corrected chi connectivity index (χ3v) is 8.04. The van der Waals surface area contributed by atoms with E-state index >= 15 is 0 Å². The fourth-order valence-electron chi connectivity index (χ4n) is 5.95. The number of nitrogens with zero attached hydrogens (tertiary/aromatic N) is 2. The molecule has 6 rings (SSSR count). The largest absolute Gasteiger partial charge is 0.491 e. The zero-order valence-corrected chi connectivity index (χ0v) is 21.7. The Hall–Kier alpha value is -4.48. The van der Waals surface area contributed by atoms with Gasteiger partial charge in [0.2, 0.25) is 5.43 Å². The number of nitrogens with one attached hydrogen (secondary N) is 3. The maximum absolute atomic E-state index is 14.1. The normalized spacial score (nSPS) is 20.2. The molecule has 40 heavy (non-hydrogen) atoms. The predicted octanol–water partition coefficient (Wildman–Crippen LogP) is 3.62. The molecular formula is C28H26F3N5O4. The van der Waals surface area contributed by atoms with Gasteiger partial charge in [-0.3, -0.25) is 14.4 Å². The summed E-state index contributed by atoms with van der Waals surface area (Å²) in [4.78, 5) is 42.0. The van der Waals surface area contributed by atoms with Crippen molar-refractivity contribution in [2.45, 2.75) is 44.1 Å². The van der Waals surface area contributed by atoms with Crippen molar-refractivity contribution in [3.8, 4) is 5.75 Å². The molecule has 2 amide bonds. The number of ether oxygens (including phenoxy) is 1. The van der Waals surface area contributed by atoms with Gasteiger partial charge in [0, 0.05) is 43.0 Å². The van der Waals surface area contributed by atoms with Crippen molar-refractivity contribution in [3.05, 3.63) is 87.1 Å². The Kier molecular flexibility index (Phi) is 6.00. The van der Waals surface area contributed by atoms with Crippen molar-refractivity contribution in [3.63, 3.8) is 0 Å².